The minimum atomic E-state index is -0.727. The summed E-state index contributed by atoms with van der Waals surface area (Å²) in [6.07, 6.45) is 2.18. The molecule has 178 valence electrons. The molecular weight excluding hydrogens is 438 g/mol. The summed E-state index contributed by atoms with van der Waals surface area (Å²) in [6.45, 7) is 1.77. The molecule has 0 radical (unpaired) electrons. The van der Waals surface area contributed by atoms with Gasteiger partial charge in [0.2, 0.25) is 5.91 Å². The first-order valence-corrected chi connectivity index (χ1v) is 11.4. The van der Waals surface area contributed by atoms with E-state index in [1.54, 1.807) is 31.2 Å². The van der Waals surface area contributed by atoms with Crippen molar-refractivity contribution in [2.75, 3.05) is 29.2 Å². The van der Waals surface area contributed by atoms with Gasteiger partial charge >= 0.3 is 0 Å². The Labute approximate surface area is 205 Å². The van der Waals surface area contributed by atoms with Crippen molar-refractivity contribution in [3.05, 3.63) is 95.7 Å². The molecule has 0 aromatic heterocycles. The van der Waals surface area contributed by atoms with Crippen molar-refractivity contribution >= 4 is 40.8 Å². The third-order valence-corrected chi connectivity index (χ3v) is 5.78. The molecule has 1 atom stereocenters. The summed E-state index contributed by atoms with van der Waals surface area (Å²) in [4.78, 5) is 34.2. The van der Waals surface area contributed by atoms with Crippen LogP contribution in [0.5, 0.6) is 0 Å². The van der Waals surface area contributed by atoms with Gasteiger partial charge in [-0.1, -0.05) is 54.6 Å². The van der Waals surface area contributed by atoms with Crippen LogP contribution in [-0.4, -0.2) is 37.8 Å². The van der Waals surface area contributed by atoms with Gasteiger partial charge in [-0.15, -0.1) is 0 Å². The number of carbonyl (C=O) groups excluding carboxylic acids is 2. The third-order valence-electron chi connectivity index (χ3n) is 5.78. The molecule has 7 heteroatoms. The monoisotopic (exact) mass is 467 g/mol. The molecule has 3 N–H and O–H groups in total. The number of carbonyl (C=O) groups is 2. The van der Waals surface area contributed by atoms with Gasteiger partial charge in [-0.2, -0.15) is 0 Å². The summed E-state index contributed by atoms with van der Waals surface area (Å²) < 4.78 is 0. The number of nitrogens with two attached hydrogens (primary N) is 1. The average molecular weight is 468 g/mol. The van der Waals surface area contributed by atoms with Crippen LogP contribution < -0.4 is 20.9 Å². The Balaban J connectivity index is 1.53. The van der Waals surface area contributed by atoms with E-state index in [0.717, 1.165) is 16.8 Å². The van der Waals surface area contributed by atoms with E-state index in [0.29, 0.717) is 29.3 Å². The van der Waals surface area contributed by atoms with E-state index < -0.39 is 6.04 Å². The Hall–Kier alpha value is -4.23. The lowest BCUT2D eigenvalue weighted by Crippen LogP contribution is -2.38. The first-order chi connectivity index (χ1) is 16.8. The van der Waals surface area contributed by atoms with Crippen molar-refractivity contribution in [1.82, 2.24) is 0 Å². The summed E-state index contributed by atoms with van der Waals surface area (Å²) in [5.41, 5.74) is 10.5. The Bertz CT molecular complexity index is 1280. The highest BCUT2D eigenvalue weighted by atomic mass is 16.2. The molecule has 0 saturated carbocycles. The van der Waals surface area contributed by atoms with Crippen LogP contribution in [0.25, 0.3) is 6.08 Å². The molecule has 3 aromatic rings. The minimum absolute atomic E-state index is 0.255. The number of amidine groups is 1. The van der Waals surface area contributed by atoms with Gasteiger partial charge in [-0.05, 0) is 54.8 Å². The van der Waals surface area contributed by atoms with Crippen molar-refractivity contribution in [2.24, 2.45) is 10.7 Å². The molecule has 2 amide bonds. The maximum absolute atomic E-state index is 13.3. The van der Waals surface area contributed by atoms with E-state index in [4.69, 9.17) is 5.73 Å². The number of hydrogen-bond donors (Lipinski definition) is 2. The fourth-order valence-corrected chi connectivity index (χ4v) is 3.90. The molecule has 1 aliphatic heterocycles. The largest absolute Gasteiger partial charge is 0.378 e. The van der Waals surface area contributed by atoms with Crippen molar-refractivity contribution in [3.63, 3.8) is 0 Å². The van der Waals surface area contributed by atoms with E-state index in [9.17, 15) is 9.59 Å². The number of nitrogens with zero attached hydrogens (tertiary/aromatic N) is 3. The standard InChI is InChI=1S/C28H29N5O2/c1-19-30-25(18-21-13-15-22(16-14-21)32(2)3)28(35)33(19)26-12-8-7-11-24(26)31-27(34)23(29)17-20-9-5-4-6-10-20/h4-16,18,23H,17,29H2,1-3H3,(H,31,34)/b25-18-. The Kier molecular flexibility index (Phi) is 7.08. The number of anilines is 3. The second-order valence-corrected chi connectivity index (χ2v) is 8.62. The first-order valence-electron chi connectivity index (χ1n) is 11.4. The number of para-hydroxylation sites is 2. The number of aliphatic imine (C=N–C) groups is 1. The fourth-order valence-electron chi connectivity index (χ4n) is 3.90. The van der Waals surface area contributed by atoms with Gasteiger partial charge in [-0.25, -0.2) is 4.99 Å². The number of nitrogens with one attached hydrogen (secondary N) is 1. The predicted octanol–water partition coefficient (Wildman–Crippen LogP) is 4.07. The second kappa shape index (κ2) is 10.4. The van der Waals surface area contributed by atoms with Crippen LogP contribution in [0.1, 0.15) is 18.1 Å². The molecule has 0 bridgehead atoms. The number of hydrogen-bond acceptors (Lipinski definition) is 5. The highest BCUT2D eigenvalue weighted by Gasteiger charge is 2.31. The molecule has 7 nitrogen and oxygen atoms in total. The van der Waals surface area contributed by atoms with Crippen LogP contribution in [0.4, 0.5) is 17.1 Å². The Morgan fingerprint density at radius 2 is 1.69 bits per heavy atom. The highest BCUT2D eigenvalue weighted by molar-refractivity contribution is 6.29. The van der Waals surface area contributed by atoms with Crippen LogP contribution in [0.15, 0.2) is 89.6 Å². The van der Waals surface area contributed by atoms with Gasteiger partial charge in [0.15, 0.2) is 0 Å². The van der Waals surface area contributed by atoms with Crippen molar-refractivity contribution in [3.8, 4) is 0 Å². The zero-order valence-corrected chi connectivity index (χ0v) is 20.1. The van der Waals surface area contributed by atoms with E-state index in [1.165, 1.54) is 4.90 Å². The summed E-state index contributed by atoms with van der Waals surface area (Å²) >= 11 is 0. The van der Waals surface area contributed by atoms with Crippen LogP contribution >= 0.6 is 0 Å². The SMILES string of the molecule is CC1=N/C(=C\c2ccc(N(C)C)cc2)C(=O)N1c1ccccc1NC(=O)C(N)Cc1ccccc1. The maximum atomic E-state index is 13.3. The van der Waals surface area contributed by atoms with Gasteiger partial charge in [0.05, 0.1) is 17.4 Å². The van der Waals surface area contributed by atoms with Crippen LogP contribution in [0, 0.1) is 0 Å². The van der Waals surface area contributed by atoms with Gasteiger partial charge in [0.1, 0.15) is 11.5 Å². The lowest BCUT2D eigenvalue weighted by Gasteiger charge is -2.21. The molecule has 1 heterocycles. The van der Waals surface area contributed by atoms with Crippen LogP contribution in [-0.2, 0) is 16.0 Å². The van der Waals surface area contributed by atoms with Crippen molar-refractivity contribution in [2.45, 2.75) is 19.4 Å². The molecule has 3 aromatic carbocycles. The lowest BCUT2D eigenvalue weighted by atomic mass is 10.1. The van der Waals surface area contributed by atoms with Crippen LogP contribution in [0.2, 0.25) is 0 Å². The average Bonchev–Trinajstić information content (AvgIpc) is 3.12. The van der Waals surface area contributed by atoms with Gasteiger partial charge in [0, 0.05) is 19.8 Å². The summed E-state index contributed by atoms with van der Waals surface area (Å²) in [5.74, 6) is -0.0461. The predicted molar refractivity (Wildman–Crippen MR) is 143 cm³/mol. The van der Waals surface area contributed by atoms with E-state index in [-0.39, 0.29) is 11.8 Å². The van der Waals surface area contributed by atoms with Crippen LogP contribution in [0.3, 0.4) is 0 Å². The molecule has 0 aliphatic carbocycles. The maximum Gasteiger partial charge on any atom is 0.282 e. The lowest BCUT2D eigenvalue weighted by molar-refractivity contribution is -0.117. The highest BCUT2D eigenvalue weighted by Crippen LogP contribution is 2.31. The zero-order valence-electron chi connectivity index (χ0n) is 20.1. The molecule has 0 saturated heterocycles. The molecular formula is C28H29N5O2. The third kappa shape index (κ3) is 5.47. The van der Waals surface area contributed by atoms with E-state index >= 15 is 0 Å². The number of benzene rings is 3. The van der Waals surface area contributed by atoms with Gasteiger partial charge in [0.25, 0.3) is 5.91 Å². The molecule has 0 fully saturated rings. The van der Waals surface area contributed by atoms with Crippen molar-refractivity contribution in [1.29, 1.82) is 0 Å². The molecule has 35 heavy (non-hydrogen) atoms. The summed E-state index contributed by atoms with van der Waals surface area (Å²) in [5, 5.41) is 2.89. The smallest absolute Gasteiger partial charge is 0.282 e. The van der Waals surface area contributed by atoms with Crippen molar-refractivity contribution < 1.29 is 9.59 Å². The topological polar surface area (TPSA) is 91.0 Å². The molecule has 4 rings (SSSR count). The molecule has 1 aliphatic rings. The summed E-state index contributed by atoms with van der Waals surface area (Å²) in [7, 11) is 3.95. The number of amides is 2. The summed E-state index contributed by atoms with van der Waals surface area (Å²) in [6, 6.07) is 23.9. The van der Waals surface area contributed by atoms with Gasteiger partial charge in [-0.3, -0.25) is 14.5 Å². The van der Waals surface area contributed by atoms with Gasteiger partial charge < -0.3 is 16.0 Å². The second-order valence-electron chi connectivity index (χ2n) is 8.62. The molecule has 0 spiro atoms. The van der Waals surface area contributed by atoms with E-state index in [2.05, 4.69) is 10.3 Å². The fraction of sp³-hybridized carbons (Fsp3) is 0.179. The first kappa shape index (κ1) is 23.9. The zero-order chi connectivity index (χ0) is 24.9. The quantitative estimate of drug-likeness (QED) is 0.513. The number of rotatable bonds is 7. The Morgan fingerprint density at radius 3 is 2.37 bits per heavy atom. The Morgan fingerprint density at radius 1 is 1.03 bits per heavy atom. The minimum Gasteiger partial charge on any atom is -0.378 e. The molecule has 1 unspecified atom stereocenters. The van der Waals surface area contributed by atoms with E-state index in [1.807, 2.05) is 79.7 Å². The normalized spacial score (nSPS) is 15.2.